The summed E-state index contributed by atoms with van der Waals surface area (Å²) in [4.78, 5) is 12.1. The Morgan fingerprint density at radius 3 is 2.68 bits per heavy atom. The van der Waals surface area contributed by atoms with E-state index in [1.165, 1.54) is 12.1 Å². The highest BCUT2D eigenvalue weighted by molar-refractivity contribution is 5.90. The van der Waals surface area contributed by atoms with Gasteiger partial charge in [-0.3, -0.25) is 4.79 Å². The summed E-state index contributed by atoms with van der Waals surface area (Å²) in [6.45, 7) is 3.85. The molecule has 0 spiro atoms. The molecule has 0 aliphatic carbocycles. The predicted octanol–water partition coefficient (Wildman–Crippen LogP) is 2.19. The Morgan fingerprint density at radius 1 is 1.20 bits per heavy atom. The smallest absolute Gasteiger partial charge is 0.232 e. The van der Waals surface area contributed by atoms with Crippen molar-refractivity contribution < 1.29 is 14.6 Å². The van der Waals surface area contributed by atoms with Crippen LogP contribution in [0.1, 0.15) is 26.1 Å². The van der Waals surface area contributed by atoms with Crippen molar-refractivity contribution >= 4 is 17.2 Å². The average molecular weight is 341 g/mol. The molecule has 0 aliphatic rings. The molecule has 0 unspecified atom stereocenters. The van der Waals surface area contributed by atoms with E-state index in [-0.39, 0.29) is 24.2 Å². The lowest BCUT2D eigenvalue weighted by molar-refractivity contribution is -0.116. The number of phenols is 1. The van der Waals surface area contributed by atoms with Crippen molar-refractivity contribution in [1.82, 2.24) is 19.8 Å². The van der Waals surface area contributed by atoms with Crippen molar-refractivity contribution in [2.75, 3.05) is 5.32 Å². The maximum Gasteiger partial charge on any atom is 0.232 e. The molecule has 0 saturated carbocycles. The molecule has 0 fully saturated rings. The molecule has 2 N–H and O–H groups in total. The van der Waals surface area contributed by atoms with Crippen molar-refractivity contribution in [1.29, 1.82) is 0 Å². The zero-order chi connectivity index (χ0) is 17.8. The molecule has 1 aromatic carbocycles. The second-order valence-electron chi connectivity index (χ2n) is 5.82. The Labute approximate surface area is 144 Å². The molecule has 0 saturated heterocycles. The molecule has 0 atom stereocenters. The van der Waals surface area contributed by atoms with E-state index in [4.69, 9.17) is 4.74 Å². The lowest BCUT2D eigenvalue weighted by Crippen LogP contribution is -2.14. The van der Waals surface area contributed by atoms with Crippen LogP contribution < -0.4 is 10.1 Å². The van der Waals surface area contributed by atoms with Gasteiger partial charge in [0.2, 0.25) is 11.8 Å². The number of carbonyl (C=O) groups is 1. The number of nitrogens with one attached hydrogen (secondary N) is 1. The summed E-state index contributed by atoms with van der Waals surface area (Å²) in [6, 6.07) is 9.82. The minimum absolute atomic E-state index is 0.0148. The fourth-order valence-electron chi connectivity index (χ4n) is 2.27. The number of anilines is 1. The highest BCUT2D eigenvalue weighted by Gasteiger charge is 2.11. The van der Waals surface area contributed by atoms with E-state index in [0.29, 0.717) is 29.5 Å². The standard InChI is InChI=1S/C17H19N5O3/c1-11(2)25-17-10-8-15-20-19-14(22(15)21-17)7-9-16(24)18-12-3-5-13(23)6-4-12/h3-6,8,10-11,23H,7,9H2,1-2H3,(H,18,24). The van der Waals surface area contributed by atoms with E-state index < -0.39 is 0 Å². The summed E-state index contributed by atoms with van der Waals surface area (Å²) in [6.07, 6.45) is 0.642. The number of fused-ring (bicyclic) bond motifs is 1. The topological polar surface area (TPSA) is 102 Å². The van der Waals surface area contributed by atoms with Crippen LogP contribution in [0.25, 0.3) is 5.65 Å². The van der Waals surface area contributed by atoms with E-state index in [0.717, 1.165) is 0 Å². The van der Waals surface area contributed by atoms with Gasteiger partial charge in [-0.25, -0.2) is 0 Å². The first-order valence-electron chi connectivity index (χ1n) is 7.98. The summed E-state index contributed by atoms with van der Waals surface area (Å²) in [5.74, 6) is 1.07. The van der Waals surface area contributed by atoms with E-state index >= 15 is 0 Å². The number of nitrogens with zero attached hydrogens (tertiary/aromatic N) is 4. The number of phenolic OH excluding ortho intramolecular Hbond substituents is 1. The number of carbonyl (C=O) groups excluding carboxylic acids is 1. The molecule has 0 bridgehead atoms. The van der Waals surface area contributed by atoms with Crippen LogP contribution in [0.2, 0.25) is 0 Å². The lowest BCUT2D eigenvalue weighted by atomic mass is 10.2. The van der Waals surface area contributed by atoms with Gasteiger partial charge in [0, 0.05) is 24.6 Å². The molecule has 25 heavy (non-hydrogen) atoms. The van der Waals surface area contributed by atoms with Gasteiger partial charge < -0.3 is 15.2 Å². The second-order valence-corrected chi connectivity index (χ2v) is 5.82. The predicted molar refractivity (Wildman–Crippen MR) is 91.6 cm³/mol. The van der Waals surface area contributed by atoms with Gasteiger partial charge in [0.25, 0.3) is 0 Å². The maximum absolute atomic E-state index is 12.1. The third-order valence-corrected chi connectivity index (χ3v) is 3.39. The number of hydrogen-bond acceptors (Lipinski definition) is 6. The van der Waals surface area contributed by atoms with Gasteiger partial charge in [-0.1, -0.05) is 0 Å². The zero-order valence-electron chi connectivity index (χ0n) is 14.0. The van der Waals surface area contributed by atoms with Crippen LogP contribution in [0.4, 0.5) is 5.69 Å². The highest BCUT2D eigenvalue weighted by Crippen LogP contribution is 2.15. The molecule has 8 nitrogen and oxygen atoms in total. The molecular weight excluding hydrogens is 322 g/mol. The Balaban J connectivity index is 1.65. The van der Waals surface area contributed by atoms with Crippen molar-refractivity contribution in [3.63, 3.8) is 0 Å². The molecule has 2 heterocycles. The van der Waals surface area contributed by atoms with Crippen LogP contribution in [-0.4, -0.2) is 36.9 Å². The average Bonchev–Trinajstić information content (AvgIpc) is 2.97. The maximum atomic E-state index is 12.1. The Kier molecular flexibility index (Phi) is 4.78. The molecule has 130 valence electrons. The summed E-state index contributed by atoms with van der Waals surface area (Å²) in [5.41, 5.74) is 1.23. The number of hydrogen-bond donors (Lipinski definition) is 2. The van der Waals surface area contributed by atoms with Crippen molar-refractivity contribution in [2.45, 2.75) is 32.8 Å². The lowest BCUT2D eigenvalue weighted by Gasteiger charge is -2.08. The number of rotatable bonds is 6. The van der Waals surface area contributed by atoms with Gasteiger partial charge in [-0.15, -0.1) is 15.3 Å². The molecule has 2 aromatic heterocycles. The summed E-state index contributed by atoms with van der Waals surface area (Å²) >= 11 is 0. The van der Waals surface area contributed by atoms with Gasteiger partial charge in [0.1, 0.15) is 5.75 Å². The molecule has 0 radical (unpaired) electrons. The van der Waals surface area contributed by atoms with Crippen molar-refractivity contribution in [2.24, 2.45) is 0 Å². The monoisotopic (exact) mass is 341 g/mol. The van der Waals surface area contributed by atoms with E-state index in [1.54, 1.807) is 28.8 Å². The van der Waals surface area contributed by atoms with Crippen LogP contribution in [0, 0.1) is 0 Å². The van der Waals surface area contributed by atoms with Gasteiger partial charge in [-0.2, -0.15) is 4.52 Å². The number of ether oxygens (including phenoxy) is 1. The molecular formula is C17H19N5O3. The first kappa shape index (κ1) is 16.7. The first-order valence-corrected chi connectivity index (χ1v) is 7.98. The van der Waals surface area contributed by atoms with Crippen LogP contribution in [0.3, 0.4) is 0 Å². The Hall–Kier alpha value is -3.16. The van der Waals surface area contributed by atoms with E-state index in [2.05, 4.69) is 20.6 Å². The first-order chi connectivity index (χ1) is 12.0. The Morgan fingerprint density at radius 2 is 1.96 bits per heavy atom. The van der Waals surface area contributed by atoms with Crippen LogP contribution in [0.15, 0.2) is 36.4 Å². The molecule has 3 rings (SSSR count). The summed E-state index contributed by atoms with van der Waals surface area (Å²) in [5, 5.41) is 24.5. The van der Waals surface area contributed by atoms with Crippen LogP contribution in [0.5, 0.6) is 11.6 Å². The van der Waals surface area contributed by atoms with Gasteiger partial charge in [0.05, 0.1) is 6.10 Å². The fourth-order valence-corrected chi connectivity index (χ4v) is 2.27. The summed E-state index contributed by atoms with van der Waals surface area (Å²) in [7, 11) is 0. The van der Waals surface area contributed by atoms with Crippen molar-refractivity contribution in [3.8, 4) is 11.6 Å². The molecule has 3 aromatic rings. The minimum Gasteiger partial charge on any atom is -0.508 e. The van der Waals surface area contributed by atoms with Crippen LogP contribution >= 0.6 is 0 Å². The number of amides is 1. The SMILES string of the molecule is CC(C)Oc1ccc2nnc(CCC(=O)Nc3ccc(O)cc3)n2n1. The van der Waals surface area contributed by atoms with Gasteiger partial charge in [-0.05, 0) is 44.2 Å². The van der Waals surface area contributed by atoms with Crippen molar-refractivity contribution in [3.05, 3.63) is 42.2 Å². The third-order valence-electron chi connectivity index (χ3n) is 3.39. The zero-order valence-corrected chi connectivity index (χ0v) is 14.0. The number of aryl methyl sites for hydroxylation is 1. The molecule has 8 heteroatoms. The molecule has 1 amide bonds. The third kappa shape index (κ3) is 4.23. The molecule has 0 aliphatic heterocycles. The van der Waals surface area contributed by atoms with E-state index in [1.807, 2.05) is 13.8 Å². The highest BCUT2D eigenvalue weighted by atomic mass is 16.5. The normalized spacial score (nSPS) is 11.0. The van der Waals surface area contributed by atoms with Crippen LogP contribution in [-0.2, 0) is 11.2 Å². The largest absolute Gasteiger partial charge is 0.508 e. The number of aromatic hydroxyl groups is 1. The van der Waals surface area contributed by atoms with E-state index in [9.17, 15) is 9.90 Å². The van der Waals surface area contributed by atoms with Gasteiger partial charge in [0.15, 0.2) is 11.5 Å². The number of benzene rings is 1. The Bertz CT molecular complexity index is 874. The fraction of sp³-hybridized carbons (Fsp3) is 0.294. The number of aromatic nitrogens is 4. The second kappa shape index (κ2) is 7.16. The van der Waals surface area contributed by atoms with Gasteiger partial charge >= 0.3 is 0 Å². The minimum atomic E-state index is -0.156. The summed E-state index contributed by atoms with van der Waals surface area (Å²) < 4.78 is 7.16. The quantitative estimate of drug-likeness (QED) is 0.666.